The number of carbonyl (C=O) groups excluding carboxylic acids is 2. The molecule has 6 N–H and O–H groups in total. The highest BCUT2D eigenvalue weighted by atomic mass is 32.2. The monoisotopic (exact) mass is 571 g/mol. The van der Waals surface area contributed by atoms with Crippen LogP contribution in [0.3, 0.4) is 0 Å². The molecule has 0 aromatic carbocycles. The summed E-state index contributed by atoms with van der Waals surface area (Å²) < 4.78 is 1.39. The molecule has 2 aromatic rings. The van der Waals surface area contributed by atoms with Gasteiger partial charge in [-0.3, -0.25) is 14.5 Å². The molecule has 2 atom stereocenters. The molecule has 2 unspecified atom stereocenters. The summed E-state index contributed by atoms with van der Waals surface area (Å²) in [5.74, 6) is -2.13. The number of carboxylic acids is 1. The van der Waals surface area contributed by atoms with Crippen molar-refractivity contribution >= 4 is 63.5 Å². The molecular weight excluding hydrogens is 550 g/mol. The summed E-state index contributed by atoms with van der Waals surface area (Å²) in [6.45, 7) is -0.462. The van der Waals surface area contributed by atoms with E-state index >= 15 is 0 Å². The van der Waals surface area contributed by atoms with Gasteiger partial charge < -0.3 is 31.2 Å². The van der Waals surface area contributed by atoms with E-state index in [1.54, 1.807) is 0 Å². The van der Waals surface area contributed by atoms with Gasteiger partial charge in [-0.1, -0.05) is 16.9 Å². The van der Waals surface area contributed by atoms with Crippen molar-refractivity contribution in [3.05, 3.63) is 22.3 Å². The van der Waals surface area contributed by atoms with Gasteiger partial charge in [-0.25, -0.2) is 14.5 Å². The van der Waals surface area contributed by atoms with Crippen molar-refractivity contribution in [3.8, 4) is 0 Å². The van der Waals surface area contributed by atoms with Crippen molar-refractivity contribution in [2.45, 2.75) is 23.1 Å². The Hall–Kier alpha value is -3.26. The highest BCUT2D eigenvalue weighted by Gasteiger charge is 2.54. The van der Waals surface area contributed by atoms with E-state index in [0.29, 0.717) is 16.5 Å². The van der Waals surface area contributed by atoms with Gasteiger partial charge >= 0.3 is 5.97 Å². The van der Waals surface area contributed by atoms with E-state index in [1.165, 1.54) is 33.6 Å². The molecule has 0 saturated carbocycles. The predicted molar refractivity (Wildman–Crippen MR) is 131 cm³/mol. The van der Waals surface area contributed by atoms with E-state index in [4.69, 9.17) is 20.8 Å². The molecule has 2 aliphatic heterocycles. The number of aliphatic hydroxyl groups is 2. The van der Waals surface area contributed by atoms with Crippen LogP contribution in [0.25, 0.3) is 0 Å². The molecule has 2 amide bonds. The third kappa shape index (κ3) is 5.69. The number of β-lactam (4-membered cyclic amide) rings is 1. The number of hydrogen-bond acceptors (Lipinski definition) is 15. The molecule has 2 aliphatic rings. The van der Waals surface area contributed by atoms with E-state index in [2.05, 4.69) is 31.0 Å². The van der Waals surface area contributed by atoms with Crippen LogP contribution in [0.15, 0.2) is 27.0 Å². The minimum Gasteiger partial charge on any atom is -0.477 e. The molecule has 4 rings (SSSR count). The van der Waals surface area contributed by atoms with Crippen molar-refractivity contribution in [1.82, 2.24) is 35.4 Å². The fourth-order valence-corrected chi connectivity index (χ4v) is 6.38. The number of nitrogens with two attached hydrogens (primary N) is 1. The summed E-state index contributed by atoms with van der Waals surface area (Å²) >= 11 is 3.56. The quantitative estimate of drug-likeness (QED) is 0.0607. The van der Waals surface area contributed by atoms with Crippen LogP contribution in [-0.4, -0.2) is 112 Å². The van der Waals surface area contributed by atoms with Gasteiger partial charge in [0.2, 0.25) is 5.16 Å². The lowest BCUT2D eigenvalue weighted by Gasteiger charge is -2.49. The van der Waals surface area contributed by atoms with E-state index < -0.39 is 29.2 Å². The predicted octanol–water partition coefficient (Wildman–Crippen LogP) is -2.05. The molecular formula is C18H21N9O7S3. The second kappa shape index (κ2) is 11.9. The molecule has 0 aliphatic carbocycles. The smallest absolute Gasteiger partial charge is 0.352 e. The van der Waals surface area contributed by atoms with Gasteiger partial charge in [0.25, 0.3) is 11.8 Å². The summed E-state index contributed by atoms with van der Waals surface area (Å²) in [5.41, 5.74) is 5.88. The van der Waals surface area contributed by atoms with Crippen LogP contribution in [0.1, 0.15) is 5.69 Å². The minimum atomic E-state index is -1.27. The van der Waals surface area contributed by atoms with Gasteiger partial charge in [0.15, 0.2) is 10.8 Å². The molecule has 4 heterocycles. The Morgan fingerprint density at radius 3 is 2.84 bits per heavy atom. The number of nitrogens with zero attached hydrogens (tertiary/aromatic N) is 7. The number of aliphatic hydroxyl groups excluding tert-OH is 2. The highest BCUT2D eigenvalue weighted by molar-refractivity contribution is 8.01. The van der Waals surface area contributed by atoms with Gasteiger partial charge in [-0.15, -0.1) is 28.2 Å². The van der Waals surface area contributed by atoms with Gasteiger partial charge in [-0.05, 0) is 16.0 Å². The molecule has 2 aromatic heterocycles. The Morgan fingerprint density at radius 1 is 1.35 bits per heavy atom. The lowest BCUT2D eigenvalue weighted by molar-refractivity contribution is -0.150. The number of fused-ring (bicyclic) bond motifs is 1. The first-order chi connectivity index (χ1) is 17.8. The molecule has 0 bridgehead atoms. The van der Waals surface area contributed by atoms with Gasteiger partial charge in [0, 0.05) is 16.9 Å². The number of hydrogen-bond donors (Lipinski definition) is 5. The number of thiazole rings is 1. The highest BCUT2D eigenvalue weighted by Crippen LogP contribution is 2.41. The Morgan fingerprint density at radius 2 is 2.16 bits per heavy atom. The number of aromatic nitrogens is 5. The number of rotatable bonds is 12. The topological polar surface area (TPSA) is 231 Å². The molecule has 16 nitrogen and oxygen atoms in total. The number of oxime groups is 1. The Kier molecular flexibility index (Phi) is 8.59. The number of tetrazole rings is 1. The average Bonchev–Trinajstić information content (AvgIpc) is 3.51. The first-order valence-electron chi connectivity index (χ1n) is 10.6. The van der Waals surface area contributed by atoms with Crippen LogP contribution in [-0.2, 0) is 25.8 Å². The average molecular weight is 572 g/mol. The van der Waals surface area contributed by atoms with Crippen LogP contribution in [0.2, 0.25) is 0 Å². The number of nitrogens with one attached hydrogen (secondary N) is 1. The van der Waals surface area contributed by atoms with E-state index in [9.17, 15) is 19.5 Å². The van der Waals surface area contributed by atoms with Gasteiger partial charge in [0.05, 0.1) is 19.8 Å². The number of nitrogen functional groups attached to an aromatic ring is 1. The lowest BCUT2D eigenvalue weighted by atomic mass is 10.0. The van der Waals surface area contributed by atoms with Crippen molar-refractivity contribution in [2.24, 2.45) is 5.16 Å². The number of carboxylic acid groups (broad SMARTS) is 1. The van der Waals surface area contributed by atoms with Crippen molar-refractivity contribution < 1.29 is 34.5 Å². The van der Waals surface area contributed by atoms with Crippen LogP contribution in [0, 0.1) is 0 Å². The maximum absolute atomic E-state index is 13.0. The van der Waals surface area contributed by atoms with Crippen molar-refractivity contribution in [1.29, 1.82) is 0 Å². The summed E-state index contributed by atoms with van der Waals surface area (Å²) in [4.78, 5) is 48.1. The molecule has 1 fully saturated rings. The Balaban J connectivity index is 1.48. The molecule has 0 radical (unpaired) electrons. The van der Waals surface area contributed by atoms with Crippen LogP contribution >= 0.6 is 34.9 Å². The molecule has 19 heteroatoms. The van der Waals surface area contributed by atoms with Gasteiger partial charge in [0.1, 0.15) is 29.4 Å². The molecule has 198 valence electrons. The molecule has 37 heavy (non-hydrogen) atoms. The van der Waals surface area contributed by atoms with Crippen molar-refractivity contribution in [2.75, 3.05) is 37.1 Å². The minimum absolute atomic E-state index is 0.131. The fraction of sp³-hybridized carbons (Fsp3) is 0.444. The van der Waals surface area contributed by atoms with Crippen LogP contribution in [0.4, 0.5) is 5.13 Å². The first-order valence-corrected chi connectivity index (χ1v) is 13.5. The normalized spacial score (nSPS) is 19.5. The maximum Gasteiger partial charge on any atom is 0.352 e. The second-order valence-electron chi connectivity index (χ2n) is 7.38. The SMILES string of the molecule is Nc1nc(/C(=N\OCCO)C(=O)NC2C(=O)N3C(C(=O)O)=C(CSc4nnnn4CCO)CSC23)cs1. The summed E-state index contributed by atoms with van der Waals surface area (Å²) in [5, 5.41) is 46.8. The summed E-state index contributed by atoms with van der Waals surface area (Å²) in [6, 6.07) is -1.00. The number of aliphatic carboxylic acids is 1. The fourth-order valence-electron chi connectivity index (χ4n) is 3.44. The molecule has 1 saturated heterocycles. The van der Waals surface area contributed by atoms with Crippen LogP contribution < -0.4 is 11.1 Å². The standard InChI is InChI=1S/C18H21N9O7S3/c19-17-20-9(7-36-17)10(23-34-4-3-29)13(30)21-11-14(31)27-12(16(32)33)8(5-35-15(11)27)6-37-18-22-24-25-26(18)1-2-28/h7,11,15,28-29H,1-6H2,(H2,19,20)(H,21,30)(H,32,33)/b23-10+. The zero-order valence-corrected chi connectivity index (χ0v) is 21.3. The number of anilines is 1. The van der Waals surface area contributed by atoms with E-state index in [0.717, 1.165) is 16.2 Å². The number of thioether (sulfide) groups is 2. The zero-order valence-electron chi connectivity index (χ0n) is 18.9. The Labute approximate surface area is 220 Å². The summed E-state index contributed by atoms with van der Waals surface area (Å²) in [6.07, 6.45) is 0. The lowest BCUT2D eigenvalue weighted by Crippen LogP contribution is -2.71. The Bertz CT molecular complexity index is 1250. The largest absolute Gasteiger partial charge is 0.477 e. The molecule has 0 spiro atoms. The third-order valence-corrected chi connectivity index (χ3v) is 8.10. The third-order valence-electron chi connectivity index (χ3n) is 5.04. The zero-order chi connectivity index (χ0) is 26.5. The van der Waals surface area contributed by atoms with Crippen LogP contribution in [0.5, 0.6) is 0 Å². The summed E-state index contributed by atoms with van der Waals surface area (Å²) in [7, 11) is 0. The van der Waals surface area contributed by atoms with E-state index in [-0.39, 0.29) is 54.4 Å². The van der Waals surface area contributed by atoms with Crippen molar-refractivity contribution in [3.63, 3.8) is 0 Å². The number of carbonyl (C=O) groups is 3. The first kappa shape index (κ1) is 26.8. The van der Waals surface area contributed by atoms with Gasteiger partial charge in [-0.2, -0.15) is 0 Å². The maximum atomic E-state index is 13.0. The van der Waals surface area contributed by atoms with E-state index in [1.807, 2.05) is 0 Å². The number of amides is 2. The second-order valence-corrected chi connectivity index (χ2v) is 10.3.